The first kappa shape index (κ1) is 12.2. The van der Waals surface area contributed by atoms with Crippen molar-refractivity contribution in [3.8, 4) is 0 Å². The van der Waals surface area contributed by atoms with Crippen LogP contribution in [0.15, 0.2) is 22.8 Å². The molecule has 0 aromatic carbocycles. The summed E-state index contributed by atoms with van der Waals surface area (Å²) >= 11 is 0. The van der Waals surface area contributed by atoms with Gasteiger partial charge in [0.2, 0.25) is 0 Å². The molecular weight excluding hydrogens is 192 g/mol. The van der Waals surface area contributed by atoms with E-state index in [1.807, 2.05) is 19.1 Å². The Morgan fingerprint density at radius 2 is 2.40 bits per heavy atom. The van der Waals surface area contributed by atoms with E-state index in [1.54, 1.807) is 13.4 Å². The number of rotatable bonds is 6. The highest BCUT2D eigenvalue weighted by Gasteiger charge is 2.32. The van der Waals surface area contributed by atoms with E-state index in [-0.39, 0.29) is 11.6 Å². The van der Waals surface area contributed by atoms with Crippen molar-refractivity contribution in [3.05, 3.63) is 24.2 Å². The van der Waals surface area contributed by atoms with E-state index < -0.39 is 0 Å². The van der Waals surface area contributed by atoms with Crippen LogP contribution in [0.25, 0.3) is 0 Å². The van der Waals surface area contributed by atoms with E-state index in [1.165, 1.54) is 0 Å². The van der Waals surface area contributed by atoms with Gasteiger partial charge in [-0.2, -0.15) is 0 Å². The van der Waals surface area contributed by atoms with E-state index in [9.17, 15) is 0 Å². The summed E-state index contributed by atoms with van der Waals surface area (Å²) in [6.07, 6.45) is 3.28. The molecule has 0 spiro atoms. The molecule has 0 aliphatic rings. The third-order valence-corrected chi connectivity index (χ3v) is 3.09. The van der Waals surface area contributed by atoms with E-state index in [0.717, 1.165) is 18.6 Å². The zero-order valence-electron chi connectivity index (χ0n) is 9.62. The van der Waals surface area contributed by atoms with Gasteiger partial charge in [0.25, 0.3) is 0 Å². The number of hydrogen-bond donors (Lipinski definition) is 2. The first-order valence-corrected chi connectivity index (χ1v) is 5.20. The van der Waals surface area contributed by atoms with Crippen molar-refractivity contribution in [2.75, 3.05) is 7.11 Å². The Hall–Kier alpha value is -0.840. The molecule has 0 bridgehead atoms. The van der Waals surface area contributed by atoms with Gasteiger partial charge < -0.3 is 9.15 Å². The van der Waals surface area contributed by atoms with Crippen molar-refractivity contribution in [1.29, 1.82) is 0 Å². The van der Waals surface area contributed by atoms with Crippen molar-refractivity contribution in [3.63, 3.8) is 0 Å². The zero-order chi connectivity index (χ0) is 11.3. The molecule has 1 aromatic heterocycles. The minimum Gasteiger partial charge on any atom is -0.469 e. The van der Waals surface area contributed by atoms with Crippen LogP contribution in [0.3, 0.4) is 0 Å². The molecule has 4 nitrogen and oxygen atoms in total. The van der Waals surface area contributed by atoms with Crippen LogP contribution in [0.1, 0.15) is 26.0 Å². The monoisotopic (exact) mass is 212 g/mol. The van der Waals surface area contributed by atoms with Crippen molar-refractivity contribution < 1.29 is 9.15 Å². The normalized spacial score (nSPS) is 17.3. The summed E-state index contributed by atoms with van der Waals surface area (Å²) in [5.41, 5.74) is 2.52. The van der Waals surface area contributed by atoms with E-state index in [4.69, 9.17) is 15.0 Å². The number of hydrogen-bond acceptors (Lipinski definition) is 4. The maximum atomic E-state index is 5.55. The Balaban J connectivity index is 2.70. The summed E-state index contributed by atoms with van der Waals surface area (Å²) in [4.78, 5) is 0. The summed E-state index contributed by atoms with van der Waals surface area (Å²) < 4.78 is 10.8. The number of nitrogens with one attached hydrogen (secondary N) is 1. The third kappa shape index (κ3) is 2.81. The van der Waals surface area contributed by atoms with E-state index >= 15 is 0 Å². The third-order valence-electron chi connectivity index (χ3n) is 3.09. The Bertz CT molecular complexity index is 268. The molecule has 0 saturated heterocycles. The van der Waals surface area contributed by atoms with Gasteiger partial charge in [-0.05, 0) is 25.5 Å². The van der Waals surface area contributed by atoms with Crippen LogP contribution in [-0.2, 0) is 11.2 Å². The molecule has 0 radical (unpaired) electrons. The molecule has 0 aliphatic heterocycles. The molecule has 1 rings (SSSR count). The quantitative estimate of drug-likeness (QED) is 0.553. The highest BCUT2D eigenvalue weighted by Crippen LogP contribution is 2.21. The van der Waals surface area contributed by atoms with Crippen molar-refractivity contribution in [2.45, 2.75) is 38.3 Å². The van der Waals surface area contributed by atoms with Gasteiger partial charge in [-0.15, -0.1) is 0 Å². The van der Waals surface area contributed by atoms with Crippen molar-refractivity contribution in [2.24, 2.45) is 5.84 Å². The van der Waals surface area contributed by atoms with Crippen LogP contribution in [0, 0.1) is 0 Å². The topological polar surface area (TPSA) is 60.4 Å². The Labute approximate surface area is 90.8 Å². The molecule has 86 valence electrons. The molecule has 4 heteroatoms. The zero-order valence-corrected chi connectivity index (χ0v) is 9.62. The van der Waals surface area contributed by atoms with Crippen LogP contribution in [0.2, 0.25) is 0 Å². The fourth-order valence-corrected chi connectivity index (χ4v) is 1.61. The van der Waals surface area contributed by atoms with Gasteiger partial charge in [0.1, 0.15) is 5.76 Å². The Kier molecular flexibility index (Phi) is 4.32. The van der Waals surface area contributed by atoms with Gasteiger partial charge >= 0.3 is 0 Å². The van der Waals surface area contributed by atoms with Crippen molar-refractivity contribution in [1.82, 2.24) is 5.43 Å². The lowest BCUT2D eigenvalue weighted by atomic mass is 9.90. The van der Waals surface area contributed by atoms with Gasteiger partial charge in [0, 0.05) is 13.5 Å². The number of ether oxygens (including phenoxy) is 1. The maximum absolute atomic E-state index is 5.55. The number of nitrogens with two attached hydrogens (primary N) is 1. The second-order valence-electron chi connectivity index (χ2n) is 3.87. The van der Waals surface area contributed by atoms with Crippen molar-refractivity contribution >= 4 is 0 Å². The van der Waals surface area contributed by atoms with Gasteiger partial charge in [-0.1, -0.05) is 6.92 Å². The highest BCUT2D eigenvalue weighted by atomic mass is 16.5. The summed E-state index contributed by atoms with van der Waals surface area (Å²) in [6, 6.07) is 3.85. The van der Waals surface area contributed by atoms with Crippen LogP contribution in [0.4, 0.5) is 0 Å². The second-order valence-corrected chi connectivity index (χ2v) is 3.87. The molecule has 0 saturated carbocycles. The van der Waals surface area contributed by atoms with E-state index in [0.29, 0.717) is 0 Å². The van der Waals surface area contributed by atoms with Gasteiger partial charge in [0.15, 0.2) is 0 Å². The predicted molar refractivity (Wildman–Crippen MR) is 59.2 cm³/mol. The molecular formula is C11H20N2O2. The summed E-state index contributed by atoms with van der Waals surface area (Å²) in [5.74, 6) is 6.47. The Morgan fingerprint density at radius 1 is 1.67 bits per heavy atom. The van der Waals surface area contributed by atoms with Crippen LogP contribution >= 0.6 is 0 Å². The first-order valence-electron chi connectivity index (χ1n) is 5.20. The van der Waals surface area contributed by atoms with Crippen LogP contribution in [0.5, 0.6) is 0 Å². The van der Waals surface area contributed by atoms with Crippen LogP contribution in [-0.4, -0.2) is 18.8 Å². The summed E-state index contributed by atoms with van der Waals surface area (Å²) in [7, 11) is 1.70. The lowest BCUT2D eigenvalue weighted by molar-refractivity contribution is -0.0299. The minimum atomic E-state index is -0.276. The Morgan fingerprint density at radius 3 is 2.80 bits per heavy atom. The summed E-state index contributed by atoms with van der Waals surface area (Å²) in [6.45, 7) is 4.12. The fourth-order valence-electron chi connectivity index (χ4n) is 1.61. The molecule has 15 heavy (non-hydrogen) atoms. The van der Waals surface area contributed by atoms with Gasteiger partial charge in [-0.25, -0.2) is 0 Å². The lowest BCUT2D eigenvalue weighted by Crippen LogP contribution is -2.53. The van der Waals surface area contributed by atoms with Crippen LogP contribution < -0.4 is 11.3 Å². The van der Waals surface area contributed by atoms with Gasteiger partial charge in [-0.3, -0.25) is 11.3 Å². The molecule has 1 heterocycles. The molecule has 2 atom stereocenters. The fraction of sp³-hybridized carbons (Fsp3) is 0.636. The number of methoxy groups -OCH3 is 1. The lowest BCUT2D eigenvalue weighted by Gasteiger charge is -2.34. The summed E-state index contributed by atoms with van der Waals surface area (Å²) in [5, 5.41) is 0. The second kappa shape index (κ2) is 5.30. The molecule has 0 amide bonds. The molecule has 0 aliphatic carbocycles. The highest BCUT2D eigenvalue weighted by molar-refractivity contribution is 5.03. The average Bonchev–Trinajstić information content (AvgIpc) is 2.77. The molecule has 3 N–H and O–H groups in total. The molecule has 1 aromatic rings. The maximum Gasteiger partial charge on any atom is 0.105 e. The minimum absolute atomic E-state index is 0.0404. The number of furan rings is 1. The van der Waals surface area contributed by atoms with E-state index in [2.05, 4.69) is 12.3 Å². The number of hydrazine groups is 1. The smallest absolute Gasteiger partial charge is 0.105 e. The predicted octanol–water partition coefficient (Wildman–Crippen LogP) is 1.47. The SMILES string of the molecule is CCC(C)(OC)C(Cc1ccco1)NN. The molecule has 2 unspecified atom stereocenters. The largest absolute Gasteiger partial charge is 0.469 e. The molecule has 0 fully saturated rings. The standard InChI is InChI=1S/C11H20N2O2/c1-4-11(2,14-3)10(13-12)8-9-6-5-7-15-9/h5-7,10,13H,4,8,12H2,1-3H3. The average molecular weight is 212 g/mol. The van der Waals surface area contributed by atoms with Gasteiger partial charge in [0.05, 0.1) is 17.9 Å². The first-order chi connectivity index (χ1) is 7.16.